The van der Waals surface area contributed by atoms with Crippen LogP contribution in [0.5, 0.6) is 0 Å². The first-order valence-corrected chi connectivity index (χ1v) is 11.5. The van der Waals surface area contributed by atoms with Gasteiger partial charge in [-0.3, -0.25) is 9.69 Å². The Morgan fingerprint density at radius 3 is 2.31 bits per heavy atom. The molecular formula is C20H25Cl2N3O3S. The lowest BCUT2D eigenvalue weighted by atomic mass is 10.0. The second-order valence-electron chi connectivity index (χ2n) is 6.32. The summed E-state index contributed by atoms with van der Waals surface area (Å²) in [4.78, 5) is 14.9. The Morgan fingerprint density at radius 1 is 1.07 bits per heavy atom. The van der Waals surface area contributed by atoms with Crippen molar-refractivity contribution in [2.24, 2.45) is 0 Å². The molecule has 2 aromatic carbocycles. The fraction of sp³-hybridized carbons (Fsp3) is 0.350. The summed E-state index contributed by atoms with van der Waals surface area (Å²) >= 11 is 12.5. The van der Waals surface area contributed by atoms with E-state index in [1.807, 2.05) is 38.1 Å². The highest BCUT2D eigenvalue weighted by molar-refractivity contribution is 7.89. The van der Waals surface area contributed by atoms with Gasteiger partial charge in [-0.2, -0.15) is 0 Å². The van der Waals surface area contributed by atoms with Crippen LogP contribution in [0.2, 0.25) is 10.0 Å². The molecule has 2 aromatic rings. The molecule has 158 valence electrons. The predicted molar refractivity (Wildman–Crippen MR) is 117 cm³/mol. The average molecular weight is 458 g/mol. The third-order valence-electron chi connectivity index (χ3n) is 4.73. The fourth-order valence-corrected chi connectivity index (χ4v) is 4.31. The first-order valence-electron chi connectivity index (χ1n) is 9.24. The van der Waals surface area contributed by atoms with Gasteiger partial charge < -0.3 is 5.32 Å². The maximum atomic E-state index is 12.8. The Bertz CT molecular complexity index is 963. The van der Waals surface area contributed by atoms with Crippen LogP contribution in [0.3, 0.4) is 0 Å². The summed E-state index contributed by atoms with van der Waals surface area (Å²) in [5.41, 5.74) is 1.01. The van der Waals surface area contributed by atoms with Crippen LogP contribution in [0, 0.1) is 0 Å². The van der Waals surface area contributed by atoms with E-state index in [1.165, 1.54) is 25.2 Å². The quantitative estimate of drug-likeness (QED) is 0.601. The molecular weight excluding hydrogens is 433 g/mol. The molecule has 0 saturated carbocycles. The van der Waals surface area contributed by atoms with Gasteiger partial charge in [0.1, 0.15) is 0 Å². The van der Waals surface area contributed by atoms with Crippen LogP contribution in [0.25, 0.3) is 0 Å². The van der Waals surface area contributed by atoms with Crippen LogP contribution < -0.4 is 10.0 Å². The second kappa shape index (κ2) is 10.4. The lowest BCUT2D eigenvalue weighted by molar-refractivity contribution is 0.0935. The summed E-state index contributed by atoms with van der Waals surface area (Å²) in [6.07, 6.45) is 0. The lowest BCUT2D eigenvalue weighted by Crippen LogP contribution is -2.38. The number of nitrogens with one attached hydrogen (secondary N) is 2. The summed E-state index contributed by atoms with van der Waals surface area (Å²) in [6.45, 7) is 5.93. The molecule has 2 rings (SSSR count). The van der Waals surface area contributed by atoms with Crippen molar-refractivity contribution in [3.8, 4) is 0 Å². The van der Waals surface area contributed by atoms with Crippen LogP contribution in [0.1, 0.15) is 35.8 Å². The summed E-state index contributed by atoms with van der Waals surface area (Å²) in [7, 11) is -2.38. The zero-order valence-corrected chi connectivity index (χ0v) is 18.9. The molecule has 2 N–H and O–H groups in total. The molecule has 0 aliphatic rings. The average Bonchev–Trinajstić information content (AvgIpc) is 2.71. The smallest absolute Gasteiger partial charge is 0.252 e. The number of hydrogen-bond acceptors (Lipinski definition) is 4. The molecule has 0 aliphatic heterocycles. The molecule has 0 fully saturated rings. The van der Waals surface area contributed by atoms with Gasteiger partial charge in [0, 0.05) is 11.6 Å². The highest BCUT2D eigenvalue weighted by atomic mass is 35.5. The summed E-state index contributed by atoms with van der Waals surface area (Å²) in [5.74, 6) is -0.452. The van der Waals surface area contributed by atoms with Crippen molar-refractivity contribution >= 4 is 39.1 Å². The number of benzene rings is 2. The Hall–Kier alpha value is -1.64. The monoisotopic (exact) mass is 457 g/mol. The van der Waals surface area contributed by atoms with Gasteiger partial charge >= 0.3 is 0 Å². The molecule has 1 atom stereocenters. The highest BCUT2D eigenvalue weighted by Gasteiger charge is 2.23. The number of amides is 1. The van der Waals surface area contributed by atoms with E-state index in [-0.39, 0.29) is 21.5 Å². The number of nitrogens with zero attached hydrogens (tertiary/aromatic N) is 1. The van der Waals surface area contributed by atoms with E-state index >= 15 is 0 Å². The maximum absolute atomic E-state index is 12.8. The van der Waals surface area contributed by atoms with Gasteiger partial charge in [0.05, 0.1) is 21.5 Å². The molecule has 0 spiro atoms. The van der Waals surface area contributed by atoms with E-state index in [1.54, 1.807) is 0 Å². The first-order chi connectivity index (χ1) is 13.7. The number of likely N-dealkylation sites (N-methyl/N-ethyl adjacent to an activating group) is 1. The van der Waals surface area contributed by atoms with Gasteiger partial charge in [-0.05, 0) is 50.0 Å². The zero-order chi connectivity index (χ0) is 21.6. The van der Waals surface area contributed by atoms with Crippen LogP contribution in [-0.2, 0) is 10.0 Å². The van der Waals surface area contributed by atoms with Crippen molar-refractivity contribution in [1.82, 2.24) is 14.9 Å². The van der Waals surface area contributed by atoms with E-state index < -0.39 is 15.9 Å². The molecule has 6 nitrogen and oxygen atoms in total. The Kier molecular flexibility index (Phi) is 8.48. The Labute approximate surface area is 182 Å². The van der Waals surface area contributed by atoms with E-state index in [4.69, 9.17) is 23.2 Å². The number of sulfonamides is 1. The summed E-state index contributed by atoms with van der Waals surface area (Å²) in [5, 5.41) is 3.67. The maximum Gasteiger partial charge on any atom is 0.252 e. The number of hydrogen-bond donors (Lipinski definition) is 2. The number of rotatable bonds is 9. The van der Waals surface area contributed by atoms with E-state index in [2.05, 4.69) is 14.9 Å². The van der Waals surface area contributed by atoms with Crippen molar-refractivity contribution in [2.45, 2.75) is 24.8 Å². The highest BCUT2D eigenvalue weighted by Crippen LogP contribution is 2.27. The molecule has 0 radical (unpaired) electrons. The second-order valence-corrected chi connectivity index (χ2v) is 9.02. The van der Waals surface area contributed by atoms with Crippen molar-refractivity contribution in [3.63, 3.8) is 0 Å². The van der Waals surface area contributed by atoms with Crippen molar-refractivity contribution < 1.29 is 13.2 Å². The number of halogens is 2. The summed E-state index contributed by atoms with van der Waals surface area (Å²) < 4.78 is 26.3. The normalized spacial score (nSPS) is 12.8. The largest absolute Gasteiger partial charge is 0.350 e. The van der Waals surface area contributed by atoms with Crippen LogP contribution in [0.4, 0.5) is 0 Å². The minimum absolute atomic E-state index is 0.0269. The van der Waals surface area contributed by atoms with Gasteiger partial charge in [0.15, 0.2) is 0 Å². The van der Waals surface area contributed by atoms with Gasteiger partial charge in [0.25, 0.3) is 5.91 Å². The molecule has 0 saturated heterocycles. The standard InChI is InChI=1S/C20H25Cl2N3O3S/c1-4-25(5-2)19(15-8-6-7-9-17(15)21)13-24-20(26)16-12-14(10-11-18(16)22)29(27,28)23-3/h6-12,19,23H,4-5,13H2,1-3H3,(H,24,26). The van der Waals surface area contributed by atoms with Crippen LogP contribution in [-0.4, -0.2) is 45.9 Å². The Balaban J connectivity index is 2.29. The van der Waals surface area contributed by atoms with Crippen LogP contribution >= 0.6 is 23.2 Å². The van der Waals surface area contributed by atoms with Gasteiger partial charge in [-0.25, -0.2) is 13.1 Å². The minimum atomic E-state index is -3.69. The molecule has 0 bridgehead atoms. The zero-order valence-electron chi connectivity index (χ0n) is 16.6. The van der Waals surface area contributed by atoms with E-state index in [0.717, 1.165) is 18.7 Å². The molecule has 29 heavy (non-hydrogen) atoms. The van der Waals surface area contributed by atoms with Crippen molar-refractivity contribution in [1.29, 1.82) is 0 Å². The predicted octanol–water partition coefficient (Wildman–Crippen LogP) is 3.71. The van der Waals surface area contributed by atoms with E-state index in [9.17, 15) is 13.2 Å². The number of carbonyl (C=O) groups is 1. The Morgan fingerprint density at radius 2 is 1.72 bits per heavy atom. The number of carbonyl (C=O) groups excluding carboxylic acids is 1. The third kappa shape index (κ3) is 5.71. The molecule has 0 heterocycles. The molecule has 1 unspecified atom stereocenters. The van der Waals surface area contributed by atoms with Crippen molar-refractivity contribution in [3.05, 3.63) is 63.6 Å². The molecule has 9 heteroatoms. The topological polar surface area (TPSA) is 78.5 Å². The van der Waals surface area contributed by atoms with Crippen molar-refractivity contribution in [2.75, 3.05) is 26.7 Å². The fourth-order valence-electron chi connectivity index (χ4n) is 3.09. The molecule has 1 amide bonds. The van der Waals surface area contributed by atoms with Gasteiger partial charge in [0.2, 0.25) is 10.0 Å². The van der Waals surface area contributed by atoms with Gasteiger partial charge in [-0.15, -0.1) is 0 Å². The molecule has 0 aliphatic carbocycles. The SMILES string of the molecule is CCN(CC)C(CNC(=O)c1cc(S(=O)(=O)NC)ccc1Cl)c1ccccc1Cl. The van der Waals surface area contributed by atoms with E-state index in [0.29, 0.717) is 11.6 Å². The lowest BCUT2D eigenvalue weighted by Gasteiger charge is -2.31. The first kappa shape index (κ1) is 23.6. The molecule has 0 aromatic heterocycles. The third-order valence-corrected chi connectivity index (χ3v) is 6.82. The summed E-state index contributed by atoms with van der Waals surface area (Å²) in [6, 6.07) is 11.4. The van der Waals surface area contributed by atoms with Crippen LogP contribution in [0.15, 0.2) is 47.4 Å². The van der Waals surface area contributed by atoms with Gasteiger partial charge in [-0.1, -0.05) is 55.2 Å². The minimum Gasteiger partial charge on any atom is -0.350 e.